The molecular formula is C24H28N6O3. The first-order chi connectivity index (χ1) is 15.9. The summed E-state index contributed by atoms with van der Waals surface area (Å²) in [5.74, 6) is -0.463. The fourth-order valence-electron chi connectivity index (χ4n) is 4.01. The summed E-state index contributed by atoms with van der Waals surface area (Å²) in [4.78, 5) is 31.5. The molecule has 1 fully saturated rings. The Morgan fingerprint density at radius 1 is 1.09 bits per heavy atom. The van der Waals surface area contributed by atoms with Gasteiger partial charge >= 0.3 is 0 Å². The van der Waals surface area contributed by atoms with Gasteiger partial charge in [-0.05, 0) is 63.0 Å². The van der Waals surface area contributed by atoms with Crippen molar-refractivity contribution in [2.75, 3.05) is 25.0 Å². The van der Waals surface area contributed by atoms with Gasteiger partial charge in [0.15, 0.2) is 5.69 Å². The van der Waals surface area contributed by atoms with E-state index in [0.29, 0.717) is 18.8 Å². The molecule has 2 aromatic heterocycles. The van der Waals surface area contributed by atoms with Crippen LogP contribution in [0.15, 0.2) is 41.0 Å². The fraction of sp³-hybridized carbons (Fsp3) is 0.375. The standard InChI is InChI=1S/C24H28N6O3/c1-15-6-8-19(9-7-15)27-20-11-16(2)26-21(12-20)18-5-4-10-30(14-18)22(31)13-25-24(32)23-17(3)28-33-29-23/h6-9,11-12,18H,4-5,10,13-14H2,1-3H3,(H,25,32)(H,26,27). The lowest BCUT2D eigenvalue weighted by molar-refractivity contribution is -0.131. The second-order valence-electron chi connectivity index (χ2n) is 8.47. The van der Waals surface area contributed by atoms with Crippen molar-refractivity contribution < 1.29 is 14.2 Å². The van der Waals surface area contributed by atoms with Gasteiger partial charge in [-0.25, -0.2) is 4.63 Å². The van der Waals surface area contributed by atoms with Crippen LogP contribution in [0.5, 0.6) is 0 Å². The first-order valence-corrected chi connectivity index (χ1v) is 11.1. The number of rotatable bonds is 6. The number of nitrogens with one attached hydrogen (secondary N) is 2. The topological polar surface area (TPSA) is 113 Å². The van der Waals surface area contributed by atoms with E-state index >= 15 is 0 Å². The number of hydrogen-bond acceptors (Lipinski definition) is 7. The number of pyridine rings is 1. The van der Waals surface area contributed by atoms with Crippen molar-refractivity contribution in [2.24, 2.45) is 0 Å². The van der Waals surface area contributed by atoms with Crippen LogP contribution in [0.1, 0.15) is 51.9 Å². The van der Waals surface area contributed by atoms with Crippen molar-refractivity contribution in [1.29, 1.82) is 0 Å². The summed E-state index contributed by atoms with van der Waals surface area (Å²) in [6.07, 6.45) is 1.84. The molecule has 1 atom stereocenters. The summed E-state index contributed by atoms with van der Waals surface area (Å²) in [5, 5.41) is 13.2. The minimum Gasteiger partial charge on any atom is -0.355 e. The Kier molecular flexibility index (Phi) is 6.67. The van der Waals surface area contributed by atoms with Gasteiger partial charge < -0.3 is 15.5 Å². The maximum absolute atomic E-state index is 12.8. The summed E-state index contributed by atoms with van der Waals surface area (Å²) in [5.41, 5.74) is 5.59. The monoisotopic (exact) mass is 448 g/mol. The highest BCUT2D eigenvalue weighted by atomic mass is 16.6. The van der Waals surface area contributed by atoms with Crippen molar-refractivity contribution >= 4 is 23.2 Å². The molecule has 0 bridgehead atoms. The minimum absolute atomic E-state index is 0.0943. The lowest BCUT2D eigenvalue weighted by atomic mass is 9.93. The third-order valence-electron chi connectivity index (χ3n) is 5.77. The third kappa shape index (κ3) is 5.54. The molecule has 172 valence electrons. The molecule has 9 heteroatoms. The van der Waals surface area contributed by atoms with Crippen LogP contribution in [-0.2, 0) is 4.79 Å². The number of benzene rings is 1. The number of carbonyl (C=O) groups excluding carboxylic acids is 2. The molecule has 0 spiro atoms. The summed E-state index contributed by atoms with van der Waals surface area (Å²) in [6, 6.07) is 12.3. The van der Waals surface area contributed by atoms with Gasteiger partial charge in [0.25, 0.3) is 5.91 Å². The van der Waals surface area contributed by atoms with E-state index in [9.17, 15) is 9.59 Å². The van der Waals surface area contributed by atoms with E-state index < -0.39 is 5.91 Å². The minimum atomic E-state index is -0.470. The molecule has 2 amide bonds. The number of hydrogen-bond donors (Lipinski definition) is 2. The lowest BCUT2D eigenvalue weighted by Gasteiger charge is -2.33. The van der Waals surface area contributed by atoms with Crippen LogP contribution in [0, 0.1) is 20.8 Å². The number of carbonyl (C=O) groups is 2. The van der Waals surface area contributed by atoms with Gasteiger partial charge in [-0.15, -0.1) is 0 Å². The number of nitrogens with zero attached hydrogens (tertiary/aromatic N) is 4. The van der Waals surface area contributed by atoms with Crippen molar-refractivity contribution in [2.45, 2.75) is 39.5 Å². The second-order valence-corrected chi connectivity index (χ2v) is 8.47. The van der Waals surface area contributed by atoms with E-state index in [-0.39, 0.29) is 24.1 Å². The molecule has 3 heterocycles. The van der Waals surface area contributed by atoms with E-state index in [0.717, 1.165) is 35.6 Å². The Morgan fingerprint density at radius 2 is 1.88 bits per heavy atom. The number of likely N-dealkylation sites (tertiary alicyclic amines) is 1. The molecule has 1 aliphatic rings. The number of anilines is 2. The van der Waals surface area contributed by atoms with E-state index in [4.69, 9.17) is 4.98 Å². The van der Waals surface area contributed by atoms with Gasteiger partial charge in [-0.2, -0.15) is 0 Å². The molecule has 2 N–H and O–H groups in total. The average molecular weight is 449 g/mol. The molecule has 1 aromatic carbocycles. The van der Waals surface area contributed by atoms with E-state index in [1.807, 2.05) is 13.0 Å². The maximum atomic E-state index is 12.8. The molecule has 9 nitrogen and oxygen atoms in total. The molecule has 0 saturated carbocycles. The molecular weight excluding hydrogens is 420 g/mol. The van der Waals surface area contributed by atoms with Gasteiger partial charge in [-0.3, -0.25) is 14.6 Å². The van der Waals surface area contributed by atoms with Crippen molar-refractivity contribution in [3.05, 3.63) is 64.7 Å². The van der Waals surface area contributed by atoms with Gasteiger partial charge in [0.05, 0.1) is 6.54 Å². The van der Waals surface area contributed by atoms with Crippen molar-refractivity contribution in [3.63, 3.8) is 0 Å². The Hall–Kier alpha value is -3.75. The zero-order valence-electron chi connectivity index (χ0n) is 19.1. The van der Waals surface area contributed by atoms with Crippen LogP contribution < -0.4 is 10.6 Å². The highest BCUT2D eigenvalue weighted by Gasteiger charge is 2.26. The van der Waals surface area contributed by atoms with Gasteiger partial charge in [0.1, 0.15) is 5.69 Å². The average Bonchev–Trinajstić information content (AvgIpc) is 3.24. The zero-order chi connectivity index (χ0) is 23.4. The highest BCUT2D eigenvalue weighted by Crippen LogP contribution is 2.29. The molecule has 33 heavy (non-hydrogen) atoms. The van der Waals surface area contributed by atoms with Crippen molar-refractivity contribution in [3.8, 4) is 0 Å². The number of amides is 2. The molecule has 1 saturated heterocycles. The Labute approximate surface area is 192 Å². The molecule has 1 unspecified atom stereocenters. The number of aryl methyl sites for hydroxylation is 3. The van der Waals surface area contributed by atoms with Crippen LogP contribution in [-0.4, -0.2) is 51.6 Å². The predicted molar refractivity (Wildman–Crippen MR) is 123 cm³/mol. The van der Waals surface area contributed by atoms with Crippen LogP contribution in [0.4, 0.5) is 11.4 Å². The Bertz CT molecular complexity index is 1140. The quantitative estimate of drug-likeness (QED) is 0.595. The van der Waals surface area contributed by atoms with E-state index in [2.05, 4.69) is 62.8 Å². The first kappa shape index (κ1) is 22.4. The van der Waals surface area contributed by atoms with Gasteiger partial charge in [0.2, 0.25) is 5.91 Å². The second kappa shape index (κ2) is 9.81. The number of piperidine rings is 1. The van der Waals surface area contributed by atoms with Gasteiger partial charge in [0, 0.05) is 41.8 Å². The SMILES string of the molecule is Cc1ccc(Nc2cc(C)nc(C3CCCN(C(=O)CNC(=O)c4nonc4C)C3)c2)cc1. The highest BCUT2D eigenvalue weighted by molar-refractivity contribution is 5.95. The Balaban J connectivity index is 1.39. The fourth-order valence-corrected chi connectivity index (χ4v) is 4.01. The predicted octanol–water partition coefficient (Wildman–Crippen LogP) is 3.27. The first-order valence-electron chi connectivity index (χ1n) is 11.1. The van der Waals surface area contributed by atoms with E-state index in [1.54, 1.807) is 11.8 Å². The molecule has 0 aliphatic carbocycles. The summed E-state index contributed by atoms with van der Waals surface area (Å²) in [6.45, 7) is 6.80. The lowest BCUT2D eigenvalue weighted by Crippen LogP contribution is -2.44. The molecule has 0 radical (unpaired) electrons. The van der Waals surface area contributed by atoms with E-state index in [1.165, 1.54) is 5.56 Å². The maximum Gasteiger partial charge on any atom is 0.275 e. The van der Waals surface area contributed by atoms with Crippen LogP contribution in [0.3, 0.4) is 0 Å². The summed E-state index contributed by atoms with van der Waals surface area (Å²) < 4.78 is 4.55. The van der Waals surface area contributed by atoms with Crippen molar-refractivity contribution in [1.82, 2.24) is 25.5 Å². The van der Waals surface area contributed by atoms with Gasteiger partial charge in [-0.1, -0.05) is 22.9 Å². The zero-order valence-corrected chi connectivity index (χ0v) is 19.1. The number of aromatic nitrogens is 3. The molecule has 3 aromatic rings. The Morgan fingerprint density at radius 3 is 2.61 bits per heavy atom. The third-order valence-corrected chi connectivity index (χ3v) is 5.77. The summed E-state index contributed by atoms with van der Waals surface area (Å²) in [7, 11) is 0. The normalized spacial score (nSPS) is 15.8. The van der Waals surface area contributed by atoms with Crippen LogP contribution >= 0.6 is 0 Å². The summed E-state index contributed by atoms with van der Waals surface area (Å²) >= 11 is 0. The smallest absolute Gasteiger partial charge is 0.275 e. The molecule has 4 rings (SSSR count). The largest absolute Gasteiger partial charge is 0.355 e. The van der Waals surface area contributed by atoms with Crippen LogP contribution in [0.2, 0.25) is 0 Å². The molecule has 1 aliphatic heterocycles. The van der Waals surface area contributed by atoms with Crippen LogP contribution in [0.25, 0.3) is 0 Å².